The highest BCUT2D eigenvalue weighted by Crippen LogP contribution is 2.28. The molecule has 2 atom stereocenters. The van der Waals surface area contributed by atoms with Crippen LogP contribution < -0.4 is 5.32 Å². The van der Waals surface area contributed by atoms with Crippen molar-refractivity contribution in [3.8, 4) is 0 Å². The molecule has 0 aromatic heterocycles. The Labute approximate surface area is 152 Å². The zero-order chi connectivity index (χ0) is 17.6. The maximum Gasteiger partial charge on any atom is 0.324 e. The third kappa shape index (κ3) is 4.23. The van der Waals surface area contributed by atoms with Gasteiger partial charge in [0, 0.05) is 17.1 Å². The molecule has 4 nitrogen and oxygen atoms in total. The summed E-state index contributed by atoms with van der Waals surface area (Å²) in [5, 5.41) is 3.00. The van der Waals surface area contributed by atoms with Gasteiger partial charge in [0.05, 0.1) is 12.1 Å². The first-order valence-corrected chi connectivity index (χ1v) is 9.53. The summed E-state index contributed by atoms with van der Waals surface area (Å²) in [5.41, 5.74) is 1.06. The summed E-state index contributed by atoms with van der Waals surface area (Å²) in [6.45, 7) is 2.03. The van der Waals surface area contributed by atoms with Crippen LogP contribution in [0.25, 0.3) is 0 Å². The smallest absolute Gasteiger partial charge is 0.324 e. The second-order valence-corrected chi connectivity index (χ2v) is 7.16. The minimum absolute atomic E-state index is 0.0361. The lowest BCUT2D eigenvalue weighted by atomic mass is 10.0. The molecule has 0 bridgehead atoms. The van der Waals surface area contributed by atoms with E-state index < -0.39 is 0 Å². The lowest BCUT2D eigenvalue weighted by Gasteiger charge is -2.39. The Hall–Kier alpha value is -2.27. The van der Waals surface area contributed by atoms with Crippen LogP contribution in [0, 0.1) is 0 Å². The van der Waals surface area contributed by atoms with Gasteiger partial charge in [0.15, 0.2) is 0 Å². The van der Waals surface area contributed by atoms with Crippen LogP contribution in [0.1, 0.15) is 31.4 Å². The van der Waals surface area contributed by atoms with E-state index in [-0.39, 0.29) is 24.0 Å². The molecule has 5 heteroatoms. The predicted molar refractivity (Wildman–Crippen MR) is 100 cm³/mol. The first-order chi connectivity index (χ1) is 12.2. The summed E-state index contributed by atoms with van der Waals surface area (Å²) in [5.74, 6) is 0.629. The van der Waals surface area contributed by atoms with Crippen molar-refractivity contribution in [3.05, 3.63) is 66.2 Å². The van der Waals surface area contributed by atoms with Crippen LogP contribution >= 0.6 is 11.8 Å². The van der Waals surface area contributed by atoms with Crippen LogP contribution in [-0.2, 0) is 4.79 Å². The van der Waals surface area contributed by atoms with Crippen molar-refractivity contribution >= 4 is 23.7 Å². The van der Waals surface area contributed by atoms with Crippen molar-refractivity contribution < 1.29 is 9.59 Å². The molecule has 130 valence electrons. The molecule has 2 aromatic carbocycles. The number of rotatable bonds is 6. The standard InChI is InChI=1S/C20H22N2O2S/c1-2-18(15-9-5-3-6-10-15)21-20(24)22-16(13-19(22)23)14-25-17-11-7-4-8-12-17/h3-12,16,18H,2,13-14H2,1H3,(H,21,24)/t16-,18-/m1/s1. The predicted octanol–water partition coefficient (Wildman–Crippen LogP) is 4.24. The van der Waals surface area contributed by atoms with E-state index in [1.54, 1.807) is 11.8 Å². The van der Waals surface area contributed by atoms with Crippen molar-refractivity contribution in [2.24, 2.45) is 0 Å². The fourth-order valence-electron chi connectivity index (χ4n) is 2.93. The zero-order valence-corrected chi connectivity index (χ0v) is 15.0. The van der Waals surface area contributed by atoms with Crippen molar-refractivity contribution in [2.75, 3.05) is 5.75 Å². The first-order valence-electron chi connectivity index (χ1n) is 8.54. The highest BCUT2D eigenvalue weighted by atomic mass is 32.2. The number of amides is 3. The fraction of sp³-hybridized carbons (Fsp3) is 0.300. The topological polar surface area (TPSA) is 49.4 Å². The van der Waals surface area contributed by atoms with Gasteiger partial charge >= 0.3 is 6.03 Å². The largest absolute Gasteiger partial charge is 0.331 e. The summed E-state index contributed by atoms with van der Waals surface area (Å²) < 4.78 is 0. The van der Waals surface area contributed by atoms with Crippen molar-refractivity contribution in [3.63, 3.8) is 0 Å². The normalized spacial score (nSPS) is 17.7. The Bertz CT molecular complexity index is 721. The SMILES string of the molecule is CC[C@@H](NC(=O)N1C(=O)C[C@@H]1CSc1ccccc1)c1ccccc1. The number of thioether (sulfide) groups is 1. The summed E-state index contributed by atoms with van der Waals surface area (Å²) in [4.78, 5) is 27.1. The maximum absolute atomic E-state index is 12.6. The Kier molecular flexibility index (Phi) is 5.76. The number of hydrogen-bond donors (Lipinski definition) is 1. The third-order valence-electron chi connectivity index (χ3n) is 4.36. The van der Waals surface area contributed by atoms with Gasteiger partial charge in [0.2, 0.25) is 5.91 Å². The molecule has 1 N–H and O–H groups in total. The summed E-state index contributed by atoms with van der Waals surface area (Å²) in [6.07, 6.45) is 1.22. The fourth-order valence-corrected chi connectivity index (χ4v) is 3.93. The molecule has 1 aliphatic heterocycles. The Morgan fingerprint density at radius 1 is 1.16 bits per heavy atom. The van der Waals surface area contributed by atoms with Crippen molar-refractivity contribution in [1.82, 2.24) is 10.2 Å². The van der Waals surface area contributed by atoms with Gasteiger partial charge in [-0.1, -0.05) is 55.5 Å². The number of benzene rings is 2. The lowest BCUT2D eigenvalue weighted by Crippen LogP contribution is -2.60. The Balaban J connectivity index is 1.59. The highest BCUT2D eigenvalue weighted by Gasteiger charge is 2.41. The summed E-state index contributed by atoms with van der Waals surface area (Å²) in [7, 11) is 0. The molecule has 1 fully saturated rings. The molecule has 25 heavy (non-hydrogen) atoms. The molecule has 3 rings (SSSR count). The average molecular weight is 354 g/mol. The zero-order valence-electron chi connectivity index (χ0n) is 14.2. The average Bonchev–Trinajstić information content (AvgIpc) is 2.64. The third-order valence-corrected chi connectivity index (χ3v) is 5.51. The Morgan fingerprint density at radius 2 is 1.80 bits per heavy atom. The van der Waals surface area contributed by atoms with Gasteiger partial charge in [-0.2, -0.15) is 0 Å². The molecule has 0 spiro atoms. The van der Waals surface area contributed by atoms with Crippen molar-refractivity contribution in [2.45, 2.75) is 36.7 Å². The Morgan fingerprint density at radius 3 is 2.40 bits per heavy atom. The van der Waals surface area contributed by atoms with Gasteiger partial charge in [-0.25, -0.2) is 4.79 Å². The highest BCUT2D eigenvalue weighted by molar-refractivity contribution is 7.99. The molecule has 0 saturated carbocycles. The van der Waals surface area contributed by atoms with Crippen LogP contribution in [0.3, 0.4) is 0 Å². The molecular formula is C20H22N2O2S. The minimum atomic E-state index is -0.286. The lowest BCUT2D eigenvalue weighted by molar-refractivity contribution is -0.139. The van der Waals surface area contributed by atoms with E-state index in [1.165, 1.54) is 4.90 Å². The molecule has 0 unspecified atom stereocenters. The second kappa shape index (κ2) is 8.21. The number of nitrogens with zero attached hydrogens (tertiary/aromatic N) is 1. The van der Waals surface area contributed by atoms with Crippen LogP contribution in [0.4, 0.5) is 4.79 Å². The number of hydrogen-bond acceptors (Lipinski definition) is 3. The number of likely N-dealkylation sites (tertiary alicyclic amines) is 1. The molecule has 0 aliphatic carbocycles. The van der Waals surface area contributed by atoms with Gasteiger partial charge in [0.1, 0.15) is 0 Å². The van der Waals surface area contributed by atoms with E-state index >= 15 is 0 Å². The molecule has 1 aliphatic rings. The van der Waals surface area contributed by atoms with Crippen LogP contribution in [-0.4, -0.2) is 28.6 Å². The molecular weight excluding hydrogens is 332 g/mol. The number of β-lactam (4-membered cyclic amide) rings is 1. The van der Waals surface area contributed by atoms with Crippen LogP contribution in [0.15, 0.2) is 65.6 Å². The molecule has 1 saturated heterocycles. The number of imide groups is 1. The number of urea groups is 1. The van der Waals surface area contributed by atoms with Gasteiger partial charge in [0.25, 0.3) is 0 Å². The van der Waals surface area contributed by atoms with Gasteiger partial charge in [-0.15, -0.1) is 11.8 Å². The van der Waals surface area contributed by atoms with Crippen LogP contribution in [0.2, 0.25) is 0 Å². The first kappa shape index (κ1) is 17.5. The van der Waals surface area contributed by atoms with E-state index in [0.29, 0.717) is 6.42 Å². The number of carbonyl (C=O) groups is 2. The van der Waals surface area contributed by atoms with E-state index in [0.717, 1.165) is 22.6 Å². The van der Waals surface area contributed by atoms with Crippen molar-refractivity contribution in [1.29, 1.82) is 0 Å². The van der Waals surface area contributed by atoms with Gasteiger partial charge < -0.3 is 5.32 Å². The minimum Gasteiger partial charge on any atom is -0.331 e. The number of nitrogens with one attached hydrogen (secondary N) is 1. The summed E-state index contributed by atoms with van der Waals surface area (Å²) >= 11 is 1.67. The molecule has 2 aromatic rings. The monoisotopic (exact) mass is 354 g/mol. The van der Waals surface area contributed by atoms with Crippen LogP contribution in [0.5, 0.6) is 0 Å². The molecule has 0 radical (unpaired) electrons. The van der Waals surface area contributed by atoms with E-state index in [2.05, 4.69) is 5.32 Å². The maximum atomic E-state index is 12.6. The van der Waals surface area contributed by atoms with E-state index in [1.807, 2.05) is 67.6 Å². The summed E-state index contributed by atoms with van der Waals surface area (Å²) in [6, 6.07) is 19.5. The van der Waals surface area contributed by atoms with E-state index in [9.17, 15) is 9.59 Å². The quantitative estimate of drug-likeness (QED) is 0.623. The van der Waals surface area contributed by atoms with Gasteiger partial charge in [-0.05, 0) is 24.1 Å². The van der Waals surface area contributed by atoms with E-state index in [4.69, 9.17) is 0 Å². The second-order valence-electron chi connectivity index (χ2n) is 6.07. The number of carbonyl (C=O) groups excluding carboxylic acids is 2. The molecule has 1 heterocycles. The van der Waals surface area contributed by atoms with Gasteiger partial charge in [-0.3, -0.25) is 9.69 Å². The molecule has 3 amide bonds.